The Kier molecular flexibility index (Phi) is 1.73. The third-order valence-corrected chi connectivity index (χ3v) is 2.95. The Morgan fingerprint density at radius 3 is 2.83 bits per heavy atom. The third kappa shape index (κ3) is 1.07. The molecule has 0 fully saturated rings. The first-order valence-corrected chi connectivity index (χ1v) is 4.41. The van der Waals surface area contributed by atoms with E-state index in [0.717, 1.165) is 5.52 Å². The smallest absolute Gasteiger partial charge is 0.306 e. The second-order valence-electron chi connectivity index (χ2n) is 2.36. The van der Waals surface area contributed by atoms with Gasteiger partial charge in [-0.3, -0.25) is 0 Å². The van der Waals surface area contributed by atoms with Crippen molar-refractivity contribution < 1.29 is 0 Å². The summed E-state index contributed by atoms with van der Waals surface area (Å²) in [5.41, 5.74) is 1.22. The fourth-order valence-corrected chi connectivity index (χ4v) is 1.65. The fraction of sp³-hybridized carbons (Fsp3) is 0. The SMILES string of the molecule is O=c1[nH]c2ccc(Cl)c(Br)c2[nH]1. The molecular formula is C7H4BrClN2O. The van der Waals surface area contributed by atoms with Crippen LogP contribution in [-0.4, -0.2) is 9.97 Å². The number of nitrogens with one attached hydrogen (secondary N) is 2. The van der Waals surface area contributed by atoms with Gasteiger partial charge in [-0.1, -0.05) is 11.6 Å². The lowest BCUT2D eigenvalue weighted by atomic mass is 10.3. The molecule has 0 aliphatic rings. The molecule has 0 spiro atoms. The zero-order valence-electron chi connectivity index (χ0n) is 5.82. The molecule has 0 aliphatic heterocycles. The first kappa shape index (κ1) is 7.89. The highest BCUT2D eigenvalue weighted by Crippen LogP contribution is 2.27. The minimum Gasteiger partial charge on any atom is -0.306 e. The summed E-state index contributed by atoms with van der Waals surface area (Å²) >= 11 is 9.09. The lowest BCUT2D eigenvalue weighted by Crippen LogP contribution is -1.99. The fourth-order valence-electron chi connectivity index (χ4n) is 1.04. The van der Waals surface area contributed by atoms with Crippen LogP contribution in [0.4, 0.5) is 0 Å². The van der Waals surface area contributed by atoms with Gasteiger partial charge in [-0.2, -0.15) is 0 Å². The quantitative estimate of drug-likeness (QED) is 0.737. The van der Waals surface area contributed by atoms with E-state index in [1.54, 1.807) is 12.1 Å². The second kappa shape index (κ2) is 2.64. The highest BCUT2D eigenvalue weighted by atomic mass is 79.9. The molecule has 0 atom stereocenters. The van der Waals surface area contributed by atoms with Gasteiger partial charge in [0.05, 0.1) is 20.5 Å². The van der Waals surface area contributed by atoms with Gasteiger partial charge in [0.1, 0.15) is 0 Å². The van der Waals surface area contributed by atoms with Crippen LogP contribution in [0.1, 0.15) is 0 Å². The van der Waals surface area contributed by atoms with Gasteiger partial charge in [-0.25, -0.2) is 4.79 Å². The summed E-state index contributed by atoms with van der Waals surface area (Å²) in [6, 6.07) is 3.47. The van der Waals surface area contributed by atoms with Crippen molar-refractivity contribution in [1.29, 1.82) is 0 Å². The van der Waals surface area contributed by atoms with Crippen LogP contribution in [0.5, 0.6) is 0 Å². The van der Waals surface area contributed by atoms with E-state index in [0.29, 0.717) is 15.0 Å². The molecule has 12 heavy (non-hydrogen) atoms. The summed E-state index contributed by atoms with van der Waals surface area (Å²) in [5.74, 6) is 0. The number of rotatable bonds is 0. The van der Waals surface area contributed by atoms with Crippen LogP contribution in [-0.2, 0) is 0 Å². The van der Waals surface area contributed by atoms with Crippen LogP contribution in [0.2, 0.25) is 5.02 Å². The predicted octanol–water partition coefficient (Wildman–Crippen LogP) is 2.27. The molecular weight excluding hydrogens is 243 g/mol. The number of benzene rings is 1. The Labute approximate surface area is 80.9 Å². The number of hydrogen-bond acceptors (Lipinski definition) is 1. The normalized spacial score (nSPS) is 10.8. The molecule has 0 amide bonds. The molecule has 1 heterocycles. The Balaban J connectivity index is 2.99. The van der Waals surface area contributed by atoms with Crippen molar-refractivity contribution in [2.75, 3.05) is 0 Å². The van der Waals surface area contributed by atoms with Crippen LogP contribution < -0.4 is 5.69 Å². The first-order chi connectivity index (χ1) is 5.68. The zero-order valence-corrected chi connectivity index (χ0v) is 8.16. The standard InChI is InChI=1S/C7H4BrClN2O/c8-5-3(9)1-2-4-6(5)11-7(12)10-4/h1-2H,(H2,10,11,12). The summed E-state index contributed by atoms with van der Waals surface area (Å²) < 4.78 is 0.708. The van der Waals surface area contributed by atoms with Gasteiger partial charge in [0.25, 0.3) is 0 Å². The lowest BCUT2D eigenvalue weighted by Gasteiger charge is -1.94. The molecule has 0 unspecified atom stereocenters. The van der Waals surface area contributed by atoms with Crippen LogP contribution in [0, 0.1) is 0 Å². The third-order valence-electron chi connectivity index (χ3n) is 1.58. The van der Waals surface area contributed by atoms with E-state index in [-0.39, 0.29) is 5.69 Å². The second-order valence-corrected chi connectivity index (χ2v) is 3.56. The van der Waals surface area contributed by atoms with Crippen molar-refractivity contribution >= 4 is 38.6 Å². The van der Waals surface area contributed by atoms with Gasteiger partial charge in [-0.15, -0.1) is 0 Å². The van der Waals surface area contributed by atoms with Gasteiger partial charge < -0.3 is 9.97 Å². The Hall–Kier alpha value is -0.740. The number of H-pyrrole nitrogens is 2. The molecule has 2 N–H and O–H groups in total. The summed E-state index contributed by atoms with van der Waals surface area (Å²) in [4.78, 5) is 16.1. The van der Waals surface area contributed by atoms with Crippen molar-refractivity contribution in [2.24, 2.45) is 0 Å². The predicted molar refractivity (Wildman–Crippen MR) is 51.6 cm³/mol. The molecule has 2 rings (SSSR count). The summed E-state index contributed by atoms with van der Waals surface area (Å²) in [5, 5.41) is 0.581. The first-order valence-electron chi connectivity index (χ1n) is 3.24. The molecule has 0 radical (unpaired) electrons. The number of halogens is 2. The Bertz CT molecular complexity index is 488. The van der Waals surface area contributed by atoms with Crippen LogP contribution in [0.3, 0.4) is 0 Å². The molecule has 3 nitrogen and oxygen atoms in total. The molecule has 0 saturated carbocycles. The van der Waals surface area contributed by atoms with Gasteiger partial charge in [-0.05, 0) is 28.1 Å². The Morgan fingerprint density at radius 2 is 2.08 bits per heavy atom. The average molecular weight is 247 g/mol. The molecule has 1 aromatic carbocycles. The van der Waals surface area contributed by atoms with E-state index < -0.39 is 0 Å². The molecule has 62 valence electrons. The molecule has 1 aromatic heterocycles. The maximum absolute atomic E-state index is 10.9. The van der Waals surface area contributed by atoms with Gasteiger partial charge in [0.2, 0.25) is 0 Å². The topological polar surface area (TPSA) is 48.6 Å². The summed E-state index contributed by atoms with van der Waals surface area (Å²) in [6.45, 7) is 0. The molecule has 5 heteroatoms. The monoisotopic (exact) mass is 246 g/mol. The number of fused-ring (bicyclic) bond motifs is 1. The van der Waals surface area contributed by atoms with Crippen molar-refractivity contribution in [3.8, 4) is 0 Å². The van der Waals surface area contributed by atoms with Gasteiger partial charge >= 0.3 is 5.69 Å². The van der Waals surface area contributed by atoms with Crippen LogP contribution in [0.25, 0.3) is 11.0 Å². The van der Waals surface area contributed by atoms with Gasteiger partial charge in [0.15, 0.2) is 0 Å². The highest BCUT2D eigenvalue weighted by molar-refractivity contribution is 9.10. The van der Waals surface area contributed by atoms with Crippen molar-refractivity contribution in [2.45, 2.75) is 0 Å². The van der Waals surface area contributed by atoms with Crippen LogP contribution in [0.15, 0.2) is 21.4 Å². The Morgan fingerprint density at radius 1 is 1.33 bits per heavy atom. The van der Waals surface area contributed by atoms with E-state index in [4.69, 9.17) is 11.6 Å². The lowest BCUT2D eigenvalue weighted by molar-refractivity contribution is 1.21. The maximum atomic E-state index is 10.9. The molecule has 0 aliphatic carbocycles. The molecule has 0 bridgehead atoms. The molecule has 0 saturated heterocycles. The van der Waals surface area contributed by atoms with E-state index >= 15 is 0 Å². The highest BCUT2D eigenvalue weighted by Gasteiger charge is 2.04. The summed E-state index contributed by atoms with van der Waals surface area (Å²) in [7, 11) is 0. The van der Waals surface area contributed by atoms with E-state index in [2.05, 4.69) is 25.9 Å². The average Bonchev–Trinajstić information content (AvgIpc) is 2.39. The van der Waals surface area contributed by atoms with E-state index in [9.17, 15) is 4.79 Å². The summed E-state index contributed by atoms with van der Waals surface area (Å²) in [6.07, 6.45) is 0. The molecule has 2 aromatic rings. The zero-order chi connectivity index (χ0) is 8.72. The largest absolute Gasteiger partial charge is 0.323 e. The van der Waals surface area contributed by atoms with Gasteiger partial charge in [0, 0.05) is 0 Å². The van der Waals surface area contributed by atoms with Crippen molar-refractivity contribution in [3.05, 3.63) is 32.1 Å². The minimum atomic E-state index is -0.229. The van der Waals surface area contributed by atoms with Crippen molar-refractivity contribution in [1.82, 2.24) is 9.97 Å². The maximum Gasteiger partial charge on any atom is 0.323 e. The van der Waals surface area contributed by atoms with E-state index in [1.165, 1.54) is 0 Å². The van der Waals surface area contributed by atoms with E-state index in [1.807, 2.05) is 0 Å². The number of aromatic nitrogens is 2. The van der Waals surface area contributed by atoms with Crippen molar-refractivity contribution in [3.63, 3.8) is 0 Å². The van der Waals surface area contributed by atoms with Crippen LogP contribution >= 0.6 is 27.5 Å². The number of aromatic amines is 2. The minimum absolute atomic E-state index is 0.229. The number of imidazole rings is 1. The number of hydrogen-bond donors (Lipinski definition) is 2.